The van der Waals surface area contributed by atoms with E-state index in [1.165, 1.54) is 49.0 Å². The molecular formula is C24H19Br2N. The summed E-state index contributed by atoms with van der Waals surface area (Å²) < 4.78 is 1.19. The van der Waals surface area contributed by atoms with Crippen molar-refractivity contribution in [2.75, 3.05) is 0 Å². The second-order valence-corrected chi connectivity index (χ2v) is 9.32. The van der Waals surface area contributed by atoms with Gasteiger partial charge in [0.2, 0.25) is 0 Å². The summed E-state index contributed by atoms with van der Waals surface area (Å²) in [6.07, 6.45) is 9.88. The zero-order chi connectivity index (χ0) is 18.7. The van der Waals surface area contributed by atoms with Crippen LogP contribution in [0.2, 0.25) is 0 Å². The fourth-order valence-corrected chi connectivity index (χ4v) is 5.83. The van der Waals surface area contributed by atoms with E-state index in [4.69, 9.17) is 0 Å². The Labute approximate surface area is 176 Å². The highest BCUT2D eigenvalue weighted by Gasteiger charge is 2.33. The number of halogens is 2. The average molecular weight is 481 g/mol. The minimum absolute atomic E-state index is 0.218. The van der Waals surface area contributed by atoms with Gasteiger partial charge in [0, 0.05) is 16.6 Å². The van der Waals surface area contributed by atoms with Crippen LogP contribution in [0.4, 0.5) is 0 Å². The van der Waals surface area contributed by atoms with Gasteiger partial charge in [0.05, 0.1) is 10.5 Å². The van der Waals surface area contributed by atoms with Crippen LogP contribution in [0.1, 0.15) is 53.4 Å². The SMILES string of the molecule is CC1=Cc2c(Br)cccc2C1CC1=C(C)C=C2C1=Cc1ncccc1C2Br. The van der Waals surface area contributed by atoms with Gasteiger partial charge in [-0.3, -0.25) is 4.98 Å². The summed E-state index contributed by atoms with van der Waals surface area (Å²) >= 11 is 7.63. The van der Waals surface area contributed by atoms with Gasteiger partial charge in [0.25, 0.3) is 0 Å². The van der Waals surface area contributed by atoms with Crippen molar-refractivity contribution < 1.29 is 0 Å². The van der Waals surface area contributed by atoms with E-state index in [2.05, 4.69) is 93.2 Å². The van der Waals surface area contributed by atoms with Crippen molar-refractivity contribution in [3.05, 3.63) is 97.3 Å². The molecule has 0 aliphatic heterocycles. The maximum absolute atomic E-state index is 4.61. The summed E-state index contributed by atoms with van der Waals surface area (Å²) in [6.45, 7) is 4.50. The number of pyridine rings is 1. The van der Waals surface area contributed by atoms with Crippen molar-refractivity contribution >= 4 is 44.0 Å². The molecule has 27 heavy (non-hydrogen) atoms. The molecule has 1 nitrogen and oxygen atoms in total. The number of aromatic nitrogens is 1. The third-order valence-electron chi connectivity index (χ3n) is 5.97. The molecule has 5 rings (SSSR count). The molecule has 1 aromatic carbocycles. The van der Waals surface area contributed by atoms with Crippen LogP contribution in [-0.2, 0) is 0 Å². The van der Waals surface area contributed by atoms with Gasteiger partial charge in [0.15, 0.2) is 0 Å². The largest absolute Gasteiger partial charge is 0.257 e. The van der Waals surface area contributed by atoms with Crippen molar-refractivity contribution in [3.63, 3.8) is 0 Å². The molecule has 1 aromatic heterocycles. The molecule has 0 N–H and O–H groups in total. The van der Waals surface area contributed by atoms with Gasteiger partial charge in [0.1, 0.15) is 0 Å². The first-order chi connectivity index (χ1) is 13.0. The lowest BCUT2D eigenvalue weighted by Crippen LogP contribution is -2.08. The van der Waals surface area contributed by atoms with E-state index in [1.807, 2.05) is 12.3 Å². The Balaban J connectivity index is 1.55. The topological polar surface area (TPSA) is 12.9 Å². The first kappa shape index (κ1) is 17.4. The number of rotatable bonds is 2. The summed E-state index contributed by atoms with van der Waals surface area (Å²) in [4.78, 5) is 4.83. The Morgan fingerprint density at radius 2 is 1.81 bits per heavy atom. The highest BCUT2D eigenvalue weighted by molar-refractivity contribution is 9.10. The van der Waals surface area contributed by atoms with Crippen LogP contribution in [0.15, 0.2) is 74.9 Å². The van der Waals surface area contributed by atoms with Crippen LogP contribution in [0.25, 0.3) is 12.2 Å². The quantitative estimate of drug-likeness (QED) is 0.405. The third-order valence-corrected chi connectivity index (χ3v) is 7.65. The number of fused-ring (bicyclic) bond motifs is 3. The molecule has 0 saturated heterocycles. The monoisotopic (exact) mass is 479 g/mol. The zero-order valence-electron chi connectivity index (χ0n) is 15.3. The lowest BCUT2D eigenvalue weighted by molar-refractivity contribution is 0.798. The molecule has 2 aromatic rings. The molecule has 1 heterocycles. The molecule has 134 valence electrons. The van der Waals surface area contributed by atoms with E-state index >= 15 is 0 Å². The van der Waals surface area contributed by atoms with E-state index in [1.54, 1.807) is 0 Å². The standard InChI is InChI=1S/C24H19Br2N/c1-13-9-20-15(5-3-7-22(20)25)17(13)11-18-14(2)10-21-19(18)12-23-16(24(21)26)6-4-8-27-23/h3-10,12,17,24H,11H2,1-2H3. The second kappa shape index (κ2) is 6.42. The lowest BCUT2D eigenvalue weighted by atomic mass is 9.83. The van der Waals surface area contributed by atoms with Gasteiger partial charge in [-0.05, 0) is 77.5 Å². The minimum Gasteiger partial charge on any atom is -0.257 e. The molecule has 0 saturated carbocycles. The highest BCUT2D eigenvalue weighted by Crippen LogP contribution is 2.51. The van der Waals surface area contributed by atoms with Gasteiger partial charge < -0.3 is 0 Å². The molecule has 3 aliphatic rings. The first-order valence-corrected chi connectivity index (χ1v) is 10.9. The summed E-state index contributed by atoms with van der Waals surface area (Å²) in [5.74, 6) is 0.440. The summed E-state index contributed by atoms with van der Waals surface area (Å²) in [5.41, 5.74) is 12.1. The number of nitrogens with zero attached hydrogens (tertiary/aromatic N) is 1. The Morgan fingerprint density at radius 1 is 1.00 bits per heavy atom. The molecule has 2 unspecified atom stereocenters. The molecule has 0 radical (unpaired) electrons. The summed E-state index contributed by atoms with van der Waals surface area (Å²) in [6, 6.07) is 10.7. The van der Waals surface area contributed by atoms with Crippen LogP contribution >= 0.6 is 31.9 Å². The molecule has 0 bridgehead atoms. The lowest BCUT2D eigenvalue weighted by Gasteiger charge is -2.24. The molecule has 0 amide bonds. The number of hydrogen-bond donors (Lipinski definition) is 0. The van der Waals surface area contributed by atoms with Crippen LogP contribution in [0.3, 0.4) is 0 Å². The Bertz CT molecular complexity index is 1100. The molecule has 3 heteroatoms. The van der Waals surface area contributed by atoms with Crippen LogP contribution in [0, 0.1) is 0 Å². The average Bonchev–Trinajstić information content (AvgIpc) is 3.15. The number of alkyl halides is 1. The summed E-state index contributed by atoms with van der Waals surface area (Å²) in [7, 11) is 0. The van der Waals surface area contributed by atoms with E-state index < -0.39 is 0 Å². The fraction of sp³-hybridized carbons (Fsp3) is 0.208. The molecule has 0 fully saturated rings. The third kappa shape index (κ3) is 2.67. The number of hydrogen-bond acceptors (Lipinski definition) is 1. The fourth-order valence-electron chi connectivity index (χ4n) is 4.56. The first-order valence-electron chi connectivity index (χ1n) is 9.24. The molecule has 3 aliphatic carbocycles. The molecular weight excluding hydrogens is 462 g/mol. The van der Waals surface area contributed by atoms with E-state index in [0.29, 0.717) is 5.92 Å². The van der Waals surface area contributed by atoms with Crippen LogP contribution < -0.4 is 0 Å². The zero-order valence-corrected chi connectivity index (χ0v) is 18.4. The van der Waals surface area contributed by atoms with Crippen LogP contribution in [0.5, 0.6) is 0 Å². The van der Waals surface area contributed by atoms with Crippen molar-refractivity contribution in [1.82, 2.24) is 4.98 Å². The predicted molar refractivity (Wildman–Crippen MR) is 120 cm³/mol. The van der Waals surface area contributed by atoms with Crippen molar-refractivity contribution in [1.29, 1.82) is 0 Å². The van der Waals surface area contributed by atoms with E-state index in [9.17, 15) is 0 Å². The second-order valence-electron chi connectivity index (χ2n) is 7.55. The van der Waals surface area contributed by atoms with E-state index in [-0.39, 0.29) is 4.83 Å². The maximum atomic E-state index is 4.61. The maximum Gasteiger partial charge on any atom is 0.0682 e. The van der Waals surface area contributed by atoms with Crippen LogP contribution in [-0.4, -0.2) is 4.98 Å². The molecule has 2 atom stereocenters. The van der Waals surface area contributed by atoms with E-state index in [0.717, 1.165) is 12.1 Å². The Hall–Kier alpha value is -1.71. The smallest absolute Gasteiger partial charge is 0.0682 e. The van der Waals surface area contributed by atoms with Gasteiger partial charge in [-0.1, -0.05) is 67.8 Å². The number of allylic oxidation sites excluding steroid dienone is 6. The van der Waals surface area contributed by atoms with Crippen molar-refractivity contribution in [3.8, 4) is 0 Å². The van der Waals surface area contributed by atoms with Crippen molar-refractivity contribution in [2.45, 2.75) is 31.0 Å². The predicted octanol–water partition coefficient (Wildman–Crippen LogP) is 7.52. The highest BCUT2D eigenvalue weighted by atomic mass is 79.9. The Morgan fingerprint density at radius 3 is 2.67 bits per heavy atom. The minimum atomic E-state index is 0.218. The summed E-state index contributed by atoms with van der Waals surface area (Å²) in [5, 5.41) is 0. The Kier molecular flexibility index (Phi) is 4.14. The van der Waals surface area contributed by atoms with Gasteiger partial charge >= 0.3 is 0 Å². The van der Waals surface area contributed by atoms with Gasteiger partial charge in [-0.25, -0.2) is 0 Å². The number of benzene rings is 1. The van der Waals surface area contributed by atoms with Gasteiger partial charge in [-0.2, -0.15) is 0 Å². The normalized spacial score (nSPS) is 22.7. The van der Waals surface area contributed by atoms with Crippen molar-refractivity contribution in [2.24, 2.45) is 0 Å². The molecule has 0 spiro atoms. The van der Waals surface area contributed by atoms with Gasteiger partial charge in [-0.15, -0.1) is 0 Å².